The number of hydrogen-bond acceptors (Lipinski definition) is 5. The fourth-order valence-corrected chi connectivity index (χ4v) is 3.35. The molecule has 1 aliphatic heterocycles. The Kier molecular flexibility index (Phi) is 4.43. The first kappa shape index (κ1) is 16.4. The van der Waals surface area contributed by atoms with Gasteiger partial charge in [0.2, 0.25) is 5.91 Å². The minimum Gasteiger partial charge on any atom is -0.467 e. The molecule has 0 saturated carbocycles. The van der Waals surface area contributed by atoms with Crippen LogP contribution in [0.1, 0.15) is 18.6 Å². The van der Waals surface area contributed by atoms with Gasteiger partial charge in [0.1, 0.15) is 5.76 Å². The number of aromatic nitrogens is 2. The van der Waals surface area contributed by atoms with Crippen LogP contribution >= 0.6 is 0 Å². The van der Waals surface area contributed by atoms with Crippen molar-refractivity contribution in [3.05, 3.63) is 58.8 Å². The standard InChI is InChI=1S/C19H20N4O3/c24-18(20-11-14-6-4-10-26-14)13-5-3-9-23(12-13)17-19(25)22-16-8-2-1-7-15(16)21-17/h1-2,4,6-8,10,13H,3,5,9,11-12H2,(H,20,24)(H,22,25)/t13-/m0/s1. The molecule has 3 aromatic rings. The molecule has 0 radical (unpaired) electrons. The van der Waals surface area contributed by atoms with Crippen LogP contribution in [0.4, 0.5) is 5.82 Å². The van der Waals surface area contributed by atoms with Crippen LogP contribution in [0, 0.1) is 5.92 Å². The Bertz CT molecular complexity index is 964. The molecule has 0 bridgehead atoms. The fraction of sp³-hybridized carbons (Fsp3) is 0.316. The zero-order chi connectivity index (χ0) is 17.9. The number of amides is 1. The molecule has 1 saturated heterocycles. The van der Waals surface area contributed by atoms with Crippen molar-refractivity contribution in [2.75, 3.05) is 18.0 Å². The van der Waals surface area contributed by atoms with Gasteiger partial charge in [-0.3, -0.25) is 9.59 Å². The number of para-hydroxylation sites is 2. The van der Waals surface area contributed by atoms with Crippen LogP contribution in [0.25, 0.3) is 11.0 Å². The molecule has 0 aliphatic carbocycles. The van der Waals surface area contributed by atoms with Gasteiger partial charge >= 0.3 is 0 Å². The molecule has 4 rings (SSSR count). The van der Waals surface area contributed by atoms with E-state index in [0.717, 1.165) is 30.7 Å². The van der Waals surface area contributed by atoms with Gasteiger partial charge in [0.05, 0.1) is 29.8 Å². The predicted molar refractivity (Wildman–Crippen MR) is 97.9 cm³/mol. The Labute approximate surface area is 150 Å². The molecule has 3 heterocycles. The number of benzene rings is 1. The van der Waals surface area contributed by atoms with Crippen LogP contribution in [-0.2, 0) is 11.3 Å². The zero-order valence-corrected chi connectivity index (χ0v) is 14.3. The van der Waals surface area contributed by atoms with Crippen LogP contribution in [0.2, 0.25) is 0 Å². The normalized spacial score (nSPS) is 17.4. The van der Waals surface area contributed by atoms with Crippen LogP contribution in [0.3, 0.4) is 0 Å². The quantitative estimate of drug-likeness (QED) is 0.750. The number of hydrogen-bond donors (Lipinski definition) is 2. The lowest BCUT2D eigenvalue weighted by Crippen LogP contribution is -2.44. The van der Waals surface area contributed by atoms with E-state index in [0.29, 0.717) is 24.4 Å². The Morgan fingerprint density at radius 1 is 1.31 bits per heavy atom. The number of carbonyl (C=O) groups is 1. The van der Waals surface area contributed by atoms with Crippen LogP contribution < -0.4 is 15.8 Å². The van der Waals surface area contributed by atoms with Gasteiger partial charge in [-0.05, 0) is 37.1 Å². The van der Waals surface area contributed by atoms with E-state index in [1.165, 1.54) is 0 Å². The molecular formula is C19H20N4O3. The molecule has 0 spiro atoms. The van der Waals surface area contributed by atoms with Gasteiger partial charge in [-0.1, -0.05) is 12.1 Å². The van der Waals surface area contributed by atoms with E-state index < -0.39 is 0 Å². The van der Waals surface area contributed by atoms with Gasteiger partial charge in [0, 0.05) is 13.1 Å². The summed E-state index contributed by atoms with van der Waals surface area (Å²) >= 11 is 0. The summed E-state index contributed by atoms with van der Waals surface area (Å²) in [5, 5.41) is 2.91. The Morgan fingerprint density at radius 3 is 3.04 bits per heavy atom. The van der Waals surface area contributed by atoms with Gasteiger partial charge in [-0.2, -0.15) is 0 Å². The highest BCUT2D eigenvalue weighted by Crippen LogP contribution is 2.21. The van der Waals surface area contributed by atoms with Crippen LogP contribution in [-0.4, -0.2) is 29.0 Å². The average Bonchev–Trinajstić information content (AvgIpc) is 3.19. The lowest BCUT2D eigenvalue weighted by molar-refractivity contribution is -0.125. The van der Waals surface area contributed by atoms with E-state index in [-0.39, 0.29) is 17.4 Å². The molecular weight excluding hydrogens is 332 g/mol. The van der Waals surface area contributed by atoms with E-state index in [9.17, 15) is 9.59 Å². The Morgan fingerprint density at radius 2 is 2.19 bits per heavy atom. The molecule has 0 unspecified atom stereocenters. The summed E-state index contributed by atoms with van der Waals surface area (Å²) in [6.45, 7) is 1.58. The van der Waals surface area contributed by atoms with Gasteiger partial charge in [-0.25, -0.2) is 4.98 Å². The van der Waals surface area contributed by atoms with Crippen molar-refractivity contribution in [3.8, 4) is 0 Å². The summed E-state index contributed by atoms with van der Waals surface area (Å²) in [4.78, 5) is 34.2. The molecule has 7 heteroatoms. The van der Waals surface area contributed by atoms with E-state index in [1.54, 1.807) is 12.3 Å². The lowest BCUT2D eigenvalue weighted by Gasteiger charge is -2.32. The topological polar surface area (TPSA) is 91.2 Å². The number of carbonyl (C=O) groups excluding carboxylic acids is 1. The summed E-state index contributed by atoms with van der Waals surface area (Å²) < 4.78 is 5.24. The number of fused-ring (bicyclic) bond motifs is 1. The molecule has 1 aliphatic rings. The monoisotopic (exact) mass is 352 g/mol. The molecule has 2 aromatic heterocycles. The fourth-order valence-electron chi connectivity index (χ4n) is 3.35. The summed E-state index contributed by atoms with van der Waals surface area (Å²) in [6, 6.07) is 11.1. The van der Waals surface area contributed by atoms with E-state index in [4.69, 9.17) is 4.42 Å². The number of nitrogens with one attached hydrogen (secondary N) is 2. The molecule has 134 valence electrons. The first-order valence-corrected chi connectivity index (χ1v) is 8.75. The molecule has 1 aromatic carbocycles. The smallest absolute Gasteiger partial charge is 0.291 e. The summed E-state index contributed by atoms with van der Waals surface area (Å²) in [5.41, 5.74) is 1.23. The van der Waals surface area contributed by atoms with Crippen molar-refractivity contribution < 1.29 is 9.21 Å². The highest BCUT2D eigenvalue weighted by Gasteiger charge is 2.28. The number of furan rings is 1. The number of anilines is 1. The second-order valence-electron chi connectivity index (χ2n) is 6.49. The van der Waals surface area contributed by atoms with Gasteiger partial charge in [0.25, 0.3) is 5.56 Å². The van der Waals surface area contributed by atoms with E-state index in [2.05, 4.69) is 15.3 Å². The van der Waals surface area contributed by atoms with Crippen molar-refractivity contribution in [1.29, 1.82) is 0 Å². The van der Waals surface area contributed by atoms with Gasteiger partial charge in [0.15, 0.2) is 5.82 Å². The Balaban J connectivity index is 1.49. The zero-order valence-electron chi connectivity index (χ0n) is 14.3. The second kappa shape index (κ2) is 7.03. The van der Waals surface area contributed by atoms with E-state index >= 15 is 0 Å². The maximum atomic E-state index is 12.5. The van der Waals surface area contributed by atoms with Gasteiger partial charge in [-0.15, -0.1) is 0 Å². The number of H-pyrrole nitrogens is 1. The summed E-state index contributed by atoms with van der Waals surface area (Å²) in [6.07, 6.45) is 3.22. The average molecular weight is 352 g/mol. The molecule has 1 atom stereocenters. The SMILES string of the molecule is O=C(NCc1ccco1)[C@H]1CCCN(c2nc3ccccc3[nH]c2=O)C1. The first-order chi connectivity index (χ1) is 12.7. The first-order valence-electron chi connectivity index (χ1n) is 8.75. The Hall–Kier alpha value is -3.09. The van der Waals surface area contributed by atoms with Crippen LogP contribution in [0.5, 0.6) is 0 Å². The van der Waals surface area contributed by atoms with Crippen LogP contribution in [0.15, 0.2) is 51.9 Å². The number of aromatic amines is 1. The number of nitrogens with zero attached hydrogens (tertiary/aromatic N) is 2. The van der Waals surface area contributed by atoms with Crippen molar-refractivity contribution in [3.63, 3.8) is 0 Å². The largest absolute Gasteiger partial charge is 0.467 e. The minimum atomic E-state index is -0.222. The second-order valence-corrected chi connectivity index (χ2v) is 6.49. The van der Waals surface area contributed by atoms with E-state index in [1.807, 2.05) is 35.2 Å². The molecule has 26 heavy (non-hydrogen) atoms. The number of rotatable bonds is 4. The minimum absolute atomic E-state index is 0.0247. The summed E-state index contributed by atoms with van der Waals surface area (Å²) in [7, 11) is 0. The predicted octanol–water partition coefficient (Wildman–Crippen LogP) is 2.05. The highest BCUT2D eigenvalue weighted by molar-refractivity contribution is 5.80. The van der Waals surface area contributed by atoms with Crippen molar-refractivity contribution in [2.24, 2.45) is 5.92 Å². The molecule has 7 nitrogen and oxygen atoms in total. The van der Waals surface area contributed by atoms with Crippen molar-refractivity contribution in [2.45, 2.75) is 19.4 Å². The van der Waals surface area contributed by atoms with Gasteiger partial charge < -0.3 is 19.6 Å². The summed E-state index contributed by atoms with van der Waals surface area (Å²) in [5.74, 6) is 0.903. The number of piperidine rings is 1. The third kappa shape index (κ3) is 3.33. The third-order valence-corrected chi connectivity index (χ3v) is 4.69. The molecule has 1 amide bonds. The van der Waals surface area contributed by atoms with Crippen molar-refractivity contribution in [1.82, 2.24) is 15.3 Å². The maximum absolute atomic E-state index is 12.5. The maximum Gasteiger partial charge on any atom is 0.291 e. The highest BCUT2D eigenvalue weighted by atomic mass is 16.3. The molecule has 2 N–H and O–H groups in total. The van der Waals surface area contributed by atoms with Crippen molar-refractivity contribution >= 4 is 22.8 Å². The third-order valence-electron chi connectivity index (χ3n) is 4.69. The molecule has 1 fully saturated rings. The lowest BCUT2D eigenvalue weighted by atomic mass is 9.97.